The molecular weight excluding hydrogens is 238 g/mol. The van der Waals surface area contributed by atoms with Crippen molar-refractivity contribution >= 4 is 5.69 Å². The lowest BCUT2D eigenvalue weighted by atomic mass is 9.98. The summed E-state index contributed by atoms with van der Waals surface area (Å²) in [6.45, 7) is 8.48. The molecule has 0 atom stereocenters. The monoisotopic (exact) mass is 259 g/mol. The van der Waals surface area contributed by atoms with Gasteiger partial charge >= 0.3 is 0 Å². The number of hydrogen-bond acceptors (Lipinski definition) is 4. The third-order valence-electron chi connectivity index (χ3n) is 3.35. The van der Waals surface area contributed by atoms with Gasteiger partial charge in [0.2, 0.25) is 0 Å². The van der Waals surface area contributed by atoms with Crippen LogP contribution >= 0.6 is 0 Å². The zero-order valence-corrected chi connectivity index (χ0v) is 12.0. The van der Waals surface area contributed by atoms with E-state index in [1.807, 2.05) is 29.8 Å². The maximum absolute atomic E-state index is 6.06. The summed E-state index contributed by atoms with van der Waals surface area (Å²) in [6, 6.07) is 5.92. The van der Waals surface area contributed by atoms with Gasteiger partial charge in [0.1, 0.15) is 0 Å². The van der Waals surface area contributed by atoms with Gasteiger partial charge in [-0.2, -0.15) is 0 Å². The highest BCUT2D eigenvalue weighted by molar-refractivity contribution is 5.72. The number of rotatable bonds is 4. The van der Waals surface area contributed by atoms with Gasteiger partial charge in [-0.05, 0) is 49.8 Å². The van der Waals surface area contributed by atoms with Crippen molar-refractivity contribution < 1.29 is 0 Å². The zero-order chi connectivity index (χ0) is 14.0. The summed E-state index contributed by atoms with van der Waals surface area (Å²) in [5, 5.41) is 12.1. The SMILES string of the molecule is CCCC(C)(C)n1nnnc1-c1cc(C)ccc1N. The molecule has 1 aromatic heterocycles. The van der Waals surface area contributed by atoms with Crippen molar-refractivity contribution in [2.24, 2.45) is 0 Å². The summed E-state index contributed by atoms with van der Waals surface area (Å²) in [7, 11) is 0. The van der Waals surface area contributed by atoms with Crippen LogP contribution in [0.2, 0.25) is 0 Å². The summed E-state index contributed by atoms with van der Waals surface area (Å²) < 4.78 is 1.88. The maximum atomic E-state index is 6.06. The first-order valence-electron chi connectivity index (χ1n) is 6.61. The van der Waals surface area contributed by atoms with Crippen LogP contribution in [0, 0.1) is 6.92 Å². The second kappa shape index (κ2) is 4.99. The molecule has 102 valence electrons. The zero-order valence-electron chi connectivity index (χ0n) is 12.0. The average Bonchev–Trinajstić information content (AvgIpc) is 2.82. The van der Waals surface area contributed by atoms with E-state index < -0.39 is 0 Å². The van der Waals surface area contributed by atoms with Gasteiger partial charge in [-0.1, -0.05) is 25.0 Å². The van der Waals surface area contributed by atoms with E-state index in [-0.39, 0.29) is 5.54 Å². The topological polar surface area (TPSA) is 69.6 Å². The van der Waals surface area contributed by atoms with Gasteiger partial charge in [-0.25, -0.2) is 4.68 Å². The van der Waals surface area contributed by atoms with Crippen LogP contribution in [0.1, 0.15) is 39.2 Å². The number of aromatic nitrogens is 4. The van der Waals surface area contributed by atoms with E-state index >= 15 is 0 Å². The first kappa shape index (κ1) is 13.5. The summed E-state index contributed by atoms with van der Waals surface area (Å²) in [6.07, 6.45) is 2.09. The highest BCUT2D eigenvalue weighted by Crippen LogP contribution is 2.30. The second-order valence-corrected chi connectivity index (χ2v) is 5.57. The van der Waals surface area contributed by atoms with Crippen LogP contribution in [0.4, 0.5) is 5.69 Å². The summed E-state index contributed by atoms with van der Waals surface area (Å²) in [4.78, 5) is 0. The van der Waals surface area contributed by atoms with Crippen LogP contribution in [0.15, 0.2) is 18.2 Å². The van der Waals surface area contributed by atoms with Gasteiger partial charge < -0.3 is 5.73 Å². The fourth-order valence-electron chi connectivity index (χ4n) is 2.34. The Morgan fingerprint density at radius 2 is 2.05 bits per heavy atom. The lowest BCUT2D eigenvalue weighted by Gasteiger charge is -2.25. The molecule has 2 N–H and O–H groups in total. The van der Waals surface area contributed by atoms with Crippen molar-refractivity contribution in [1.29, 1.82) is 0 Å². The molecule has 2 rings (SSSR count). The maximum Gasteiger partial charge on any atom is 0.184 e. The van der Waals surface area contributed by atoms with Gasteiger partial charge in [0.05, 0.1) is 5.54 Å². The fraction of sp³-hybridized carbons (Fsp3) is 0.500. The third kappa shape index (κ3) is 2.59. The Bertz CT molecular complexity index is 571. The first-order chi connectivity index (χ1) is 8.95. The predicted molar refractivity (Wildman–Crippen MR) is 76.6 cm³/mol. The number of benzene rings is 1. The van der Waals surface area contributed by atoms with Crippen molar-refractivity contribution in [3.63, 3.8) is 0 Å². The Kier molecular flexibility index (Phi) is 3.55. The van der Waals surface area contributed by atoms with Crippen LogP contribution in [0.5, 0.6) is 0 Å². The predicted octanol–water partition coefficient (Wildman–Crippen LogP) is 2.77. The molecule has 0 saturated heterocycles. The molecule has 0 fully saturated rings. The normalized spacial score (nSPS) is 11.8. The fourth-order valence-corrected chi connectivity index (χ4v) is 2.34. The second-order valence-electron chi connectivity index (χ2n) is 5.57. The third-order valence-corrected chi connectivity index (χ3v) is 3.35. The molecule has 0 spiro atoms. The van der Waals surface area contributed by atoms with Gasteiger partial charge in [-0.3, -0.25) is 0 Å². The molecule has 1 aromatic carbocycles. The highest BCUT2D eigenvalue weighted by Gasteiger charge is 2.25. The molecule has 19 heavy (non-hydrogen) atoms. The van der Waals surface area contributed by atoms with E-state index in [1.165, 1.54) is 0 Å². The standard InChI is InChI=1S/C14H21N5/c1-5-8-14(3,4)19-13(16-17-18-19)11-9-10(2)6-7-12(11)15/h6-7,9H,5,8,15H2,1-4H3. The highest BCUT2D eigenvalue weighted by atomic mass is 15.6. The Morgan fingerprint density at radius 3 is 2.74 bits per heavy atom. The molecule has 0 aliphatic heterocycles. The molecule has 2 aromatic rings. The molecule has 0 aliphatic rings. The lowest BCUT2D eigenvalue weighted by molar-refractivity contribution is 0.290. The molecule has 0 saturated carbocycles. The molecule has 0 unspecified atom stereocenters. The van der Waals surface area contributed by atoms with E-state index in [9.17, 15) is 0 Å². The van der Waals surface area contributed by atoms with Crippen molar-refractivity contribution in [3.8, 4) is 11.4 Å². The van der Waals surface area contributed by atoms with Crippen LogP contribution in [0.25, 0.3) is 11.4 Å². The summed E-state index contributed by atoms with van der Waals surface area (Å²) in [5.74, 6) is 0.736. The molecule has 1 heterocycles. The van der Waals surface area contributed by atoms with Crippen molar-refractivity contribution in [1.82, 2.24) is 20.2 Å². The van der Waals surface area contributed by atoms with Crippen LogP contribution in [-0.4, -0.2) is 20.2 Å². The molecule has 0 radical (unpaired) electrons. The van der Waals surface area contributed by atoms with Gasteiger partial charge in [-0.15, -0.1) is 5.10 Å². The van der Waals surface area contributed by atoms with Gasteiger partial charge in [0, 0.05) is 11.3 Å². The molecule has 0 amide bonds. The Hall–Kier alpha value is -1.91. The van der Waals surface area contributed by atoms with E-state index in [1.54, 1.807) is 0 Å². The largest absolute Gasteiger partial charge is 0.398 e. The van der Waals surface area contributed by atoms with E-state index in [0.717, 1.165) is 29.8 Å². The quantitative estimate of drug-likeness (QED) is 0.857. The summed E-state index contributed by atoms with van der Waals surface area (Å²) in [5.41, 5.74) is 8.68. The minimum atomic E-state index is -0.121. The smallest absolute Gasteiger partial charge is 0.184 e. The molecule has 5 heteroatoms. The van der Waals surface area contributed by atoms with Crippen molar-refractivity contribution in [2.45, 2.75) is 46.1 Å². The van der Waals surface area contributed by atoms with E-state index in [0.29, 0.717) is 5.69 Å². The van der Waals surface area contributed by atoms with Gasteiger partial charge in [0.15, 0.2) is 5.82 Å². The Morgan fingerprint density at radius 1 is 1.32 bits per heavy atom. The number of tetrazole rings is 1. The Balaban J connectivity index is 2.53. The van der Waals surface area contributed by atoms with Crippen molar-refractivity contribution in [3.05, 3.63) is 23.8 Å². The minimum absolute atomic E-state index is 0.121. The molecule has 0 aliphatic carbocycles. The molecule has 5 nitrogen and oxygen atoms in total. The number of anilines is 1. The Labute approximate surface area is 113 Å². The van der Waals surface area contributed by atoms with E-state index in [2.05, 4.69) is 36.3 Å². The number of nitrogens with zero attached hydrogens (tertiary/aromatic N) is 4. The minimum Gasteiger partial charge on any atom is -0.398 e. The molecular formula is C14H21N5. The lowest BCUT2D eigenvalue weighted by Crippen LogP contribution is -2.28. The average molecular weight is 259 g/mol. The number of nitrogen functional groups attached to an aromatic ring is 1. The van der Waals surface area contributed by atoms with Gasteiger partial charge in [0.25, 0.3) is 0 Å². The first-order valence-corrected chi connectivity index (χ1v) is 6.61. The van der Waals surface area contributed by atoms with Crippen LogP contribution in [-0.2, 0) is 5.54 Å². The number of nitrogens with two attached hydrogens (primary N) is 1. The van der Waals surface area contributed by atoms with Crippen LogP contribution < -0.4 is 5.73 Å². The van der Waals surface area contributed by atoms with Crippen LogP contribution in [0.3, 0.4) is 0 Å². The van der Waals surface area contributed by atoms with E-state index in [4.69, 9.17) is 5.73 Å². The number of aryl methyl sites for hydroxylation is 1. The van der Waals surface area contributed by atoms with Crippen molar-refractivity contribution in [2.75, 3.05) is 5.73 Å². The number of hydrogen-bond donors (Lipinski definition) is 1. The molecule has 0 bridgehead atoms. The summed E-state index contributed by atoms with van der Waals surface area (Å²) >= 11 is 0.